The van der Waals surface area contributed by atoms with Crippen LogP contribution in [0.3, 0.4) is 0 Å². The molecule has 1 amide bonds. The molecule has 0 aliphatic rings. The van der Waals surface area contributed by atoms with E-state index in [4.69, 9.17) is 23.7 Å². The van der Waals surface area contributed by atoms with Gasteiger partial charge in [0.05, 0.1) is 45.8 Å². The molecule has 0 aliphatic carbocycles. The predicted molar refractivity (Wildman–Crippen MR) is 120 cm³/mol. The number of rotatable bonds is 7. The van der Waals surface area contributed by atoms with Crippen molar-refractivity contribution in [3.63, 3.8) is 0 Å². The lowest BCUT2D eigenvalue weighted by Gasteiger charge is -2.12. The maximum absolute atomic E-state index is 12.5. The van der Waals surface area contributed by atoms with E-state index in [1.165, 1.54) is 38.7 Å². The van der Waals surface area contributed by atoms with Gasteiger partial charge in [-0.2, -0.15) is 4.99 Å². The number of ether oxygens (including phenoxy) is 5. The fourth-order valence-electron chi connectivity index (χ4n) is 3.06. The first-order valence-corrected chi connectivity index (χ1v) is 10.1. The molecule has 1 aromatic heterocycles. The Hall–Kier alpha value is -3.46. The summed E-state index contributed by atoms with van der Waals surface area (Å²) in [5.74, 6) is 2.34. The molecule has 8 nitrogen and oxygen atoms in total. The summed E-state index contributed by atoms with van der Waals surface area (Å²) < 4.78 is 29.5. The molecule has 0 fully saturated rings. The standard InChI is InChI=1S/C22H24N2O6S/c1-24-14-11-15(26-2)16(27-3)12-19(14)31-22(24)23-20(25)8-7-13-9-17(28-4)21(30-6)18(10-13)29-5/h7-12H,1-6H3. The number of methoxy groups -OCH3 is 5. The number of thiazole rings is 1. The normalized spacial score (nSPS) is 11.7. The number of carbonyl (C=O) groups is 1. The Balaban J connectivity index is 1.95. The van der Waals surface area contributed by atoms with E-state index in [1.807, 2.05) is 23.7 Å². The average molecular weight is 445 g/mol. The Kier molecular flexibility index (Phi) is 6.86. The van der Waals surface area contributed by atoms with Gasteiger partial charge in [-0.3, -0.25) is 4.79 Å². The summed E-state index contributed by atoms with van der Waals surface area (Å²) in [6.45, 7) is 0. The van der Waals surface area contributed by atoms with Crippen molar-refractivity contribution in [2.75, 3.05) is 35.5 Å². The van der Waals surface area contributed by atoms with E-state index in [-0.39, 0.29) is 0 Å². The van der Waals surface area contributed by atoms with Gasteiger partial charge in [0, 0.05) is 25.3 Å². The van der Waals surface area contributed by atoms with E-state index in [1.54, 1.807) is 32.4 Å². The number of hydrogen-bond acceptors (Lipinski definition) is 7. The van der Waals surface area contributed by atoms with Gasteiger partial charge in [0.2, 0.25) is 5.75 Å². The maximum atomic E-state index is 12.5. The zero-order chi connectivity index (χ0) is 22.5. The van der Waals surface area contributed by atoms with Gasteiger partial charge in [0.1, 0.15) is 0 Å². The third-order valence-electron chi connectivity index (χ3n) is 4.63. The van der Waals surface area contributed by atoms with Crippen molar-refractivity contribution in [2.24, 2.45) is 12.0 Å². The number of benzene rings is 2. The Morgan fingerprint density at radius 2 is 1.45 bits per heavy atom. The van der Waals surface area contributed by atoms with Crippen molar-refractivity contribution in [3.05, 3.63) is 40.7 Å². The van der Waals surface area contributed by atoms with Gasteiger partial charge in [-0.1, -0.05) is 11.3 Å². The summed E-state index contributed by atoms with van der Waals surface area (Å²) >= 11 is 1.39. The number of amides is 1. The average Bonchev–Trinajstić information content (AvgIpc) is 3.09. The molecule has 3 aromatic rings. The molecule has 1 heterocycles. The number of fused-ring (bicyclic) bond motifs is 1. The summed E-state index contributed by atoms with van der Waals surface area (Å²) in [5, 5.41) is 0. The van der Waals surface area contributed by atoms with Crippen LogP contribution in [0.5, 0.6) is 28.7 Å². The van der Waals surface area contributed by atoms with E-state index in [9.17, 15) is 4.79 Å². The molecule has 0 bridgehead atoms. The SMILES string of the molecule is COc1cc2sc(=NC(=O)C=Cc3cc(OC)c(OC)c(OC)c3)n(C)c2cc1OC. The summed E-state index contributed by atoms with van der Waals surface area (Å²) in [4.78, 5) is 17.3. The minimum atomic E-state index is -0.394. The zero-order valence-corrected chi connectivity index (χ0v) is 19.0. The molecule has 3 rings (SSSR count). The molecule has 0 aliphatic heterocycles. The van der Waals surface area contributed by atoms with Crippen molar-refractivity contribution in [3.8, 4) is 28.7 Å². The molecular weight excluding hydrogens is 420 g/mol. The molecule has 9 heteroatoms. The van der Waals surface area contributed by atoms with Crippen LogP contribution in [0.2, 0.25) is 0 Å². The molecule has 2 aromatic carbocycles. The van der Waals surface area contributed by atoms with Gasteiger partial charge in [0.25, 0.3) is 5.91 Å². The number of nitrogens with zero attached hydrogens (tertiary/aromatic N) is 2. The highest BCUT2D eigenvalue weighted by Crippen LogP contribution is 2.38. The summed E-state index contributed by atoms with van der Waals surface area (Å²) in [7, 11) is 9.63. The van der Waals surface area contributed by atoms with Gasteiger partial charge < -0.3 is 28.3 Å². The van der Waals surface area contributed by atoms with E-state index in [2.05, 4.69) is 4.99 Å². The molecule has 0 N–H and O–H groups in total. The number of aromatic nitrogens is 1. The van der Waals surface area contributed by atoms with E-state index < -0.39 is 5.91 Å². The minimum Gasteiger partial charge on any atom is -0.493 e. The Morgan fingerprint density at radius 3 is 2.00 bits per heavy atom. The molecule has 0 spiro atoms. The van der Waals surface area contributed by atoms with E-state index in [0.29, 0.717) is 39.1 Å². The Labute approximate surface area is 183 Å². The fourth-order valence-corrected chi connectivity index (χ4v) is 4.09. The first-order valence-electron chi connectivity index (χ1n) is 9.24. The minimum absolute atomic E-state index is 0.394. The highest BCUT2D eigenvalue weighted by atomic mass is 32.1. The van der Waals surface area contributed by atoms with Crippen molar-refractivity contribution in [2.45, 2.75) is 0 Å². The third-order valence-corrected chi connectivity index (χ3v) is 5.72. The van der Waals surface area contributed by atoms with Gasteiger partial charge >= 0.3 is 0 Å². The van der Waals surface area contributed by atoms with Gasteiger partial charge in [-0.05, 0) is 23.8 Å². The third kappa shape index (κ3) is 4.51. The number of hydrogen-bond donors (Lipinski definition) is 0. The summed E-state index contributed by atoms with van der Waals surface area (Å²) in [5.41, 5.74) is 1.61. The summed E-state index contributed by atoms with van der Waals surface area (Å²) in [6.07, 6.45) is 3.04. The largest absolute Gasteiger partial charge is 0.493 e. The second-order valence-corrected chi connectivity index (χ2v) is 7.37. The Bertz CT molecular complexity index is 1180. The smallest absolute Gasteiger partial charge is 0.272 e. The Morgan fingerprint density at radius 1 is 0.871 bits per heavy atom. The monoisotopic (exact) mass is 444 g/mol. The molecular formula is C22H24N2O6S. The van der Waals surface area contributed by atoms with Crippen LogP contribution in [0, 0.1) is 0 Å². The fraction of sp³-hybridized carbons (Fsp3) is 0.273. The lowest BCUT2D eigenvalue weighted by molar-refractivity contribution is -0.113. The van der Waals surface area contributed by atoms with Gasteiger partial charge in [0.15, 0.2) is 27.8 Å². The van der Waals surface area contributed by atoms with Crippen LogP contribution in [0.15, 0.2) is 35.3 Å². The van der Waals surface area contributed by atoms with Crippen LogP contribution < -0.4 is 28.5 Å². The second-order valence-electron chi connectivity index (χ2n) is 6.36. The van der Waals surface area contributed by atoms with Gasteiger partial charge in [-0.15, -0.1) is 0 Å². The van der Waals surface area contributed by atoms with Crippen LogP contribution in [-0.2, 0) is 11.8 Å². The van der Waals surface area contributed by atoms with Crippen LogP contribution in [0.4, 0.5) is 0 Å². The highest BCUT2D eigenvalue weighted by Gasteiger charge is 2.13. The molecule has 0 atom stereocenters. The summed E-state index contributed by atoms with van der Waals surface area (Å²) in [6, 6.07) is 7.24. The molecule has 0 radical (unpaired) electrons. The molecule has 164 valence electrons. The van der Waals surface area contributed by atoms with Crippen LogP contribution in [0.25, 0.3) is 16.3 Å². The molecule has 0 saturated heterocycles. The van der Waals surface area contributed by atoms with Crippen molar-refractivity contribution in [1.29, 1.82) is 0 Å². The van der Waals surface area contributed by atoms with E-state index in [0.717, 1.165) is 10.2 Å². The maximum Gasteiger partial charge on any atom is 0.272 e. The van der Waals surface area contributed by atoms with Crippen LogP contribution >= 0.6 is 11.3 Å². The number of carbonyl (C=O) groups excluding carboxylic acids is 1. The molecule has 0 saturated carbocycles. The van der Waals surface area contributed by atoms with Crippen molar-refractivity contribution >= 4 is 33.5 Å². The number of aryl methyl sites for hydroxylation is 1. The first-order chi connectivity index (χ1) is 14.9. The quantitative estimate of drug-likeness (QED) is 0.520. The lowest BCUT2D eigenvalue weighted by atomic mass is 10.1. The van der Waals surface area contributed by atoms with Gasteiger partial charge in [-0.25, -0.2) is 0 Å². The first kappa shape index (κ1) is 22.2. The van der Waals surface area contributed by atoms with Crippen molar-refractivity contribution in [1.82, 2.24) is 4.57 Å². The highest BCUT2D eigenvalue weighted by molar-refractivity contribution is 7.16. The van der Waals surface area contributed by atoms with E-state index >= 15 is 0 Å². The lowest BCUT2D eigenvalue weighted by Crippen LogP contribution is -2.12. The van der Waals surface area contributed by atoms with Crippen molar-refractivity contribution < 1.29 is 28.5 Å². The van der Waals surface area contributed by atoms with Crippen LogP contribution in [-0.4, -0.2) is 46.0 Å². The molecule has 31 heavy (non-hydrogen) atoms. The topological polar surface area (TPSA) is 80.5 Å². The zero-order valence-electron chi connectivity index (χ0n) is 18.2. The predicted octanol–water partition coefficient (Wildman–Crippen LogP) is 3.42. The van der Waals surface area contributed by atoms with Crippen LogP contribution in [0.1, 0.15) is 5.56 Å². The molecule has 0 unspecified atom stereocenters. The second kappa shape index (κ2) is 9.57.